The summed E-state index contributed by atoms with van der Waals surface area (Å²) >= 11 is 0. The van der Waals surface area contributed by atoms with Gasteiger partial charge in [-0.15, -0.1) is 0 Å². The van der Waals surface area contributed by atoms with E-state index in [1.807, 2.05) is 0 Å². The lowest BCUT2D eigenvalue weighted by Gasteiger charge is -2.26. The van der Waals surface area contributed by atoms with Crippen LogP contribution in [0, 0.1) is 5.41 Å². The van der Waals surface area contributed by atoms with E-state index in [2.05, 4.69) is 0 Å². The first kappa shape index (κ1) is 8.82. The molecule has 1 unspecified atom stereocenters. The molecule has 2 nitrogen and oxygen atoms in total. The summed E-state index contributed by atoms with van der Waals surface area (Å²) in [5, 5.41) is -0.254. The Balaban J connectivity index is 2.09. The third kappa shape index (κ3) is 1.62. The van der Waals surface area contributed by atoms with Gasteiger partial charge in [0, 0.05) is 10.7 Å². The minimum absolute atomic E-state index is 0.254. The summed E-state index contributed by atoms with van der Waals surface area (Å²) in [6.07, 6.45) is 6.28. The second-order valence-electron chi connectivity index (χ2n) is 4.19. The Bertz CT molecular complexity index is 279. The standard InChI is InChI=1S/C8H13ClO2S/c9-12(10,11)7-2-1-3-8(6-7)4-5-8/h7H,1-6H2. The molecule has 0 aromatic carbocycles. The quantitative estimate of drug-likeness (QED) is 0.620. The lowest BCUT2D eigenvalue weighted by Crippen LogP contribution is -2.25. The first-order valence-corrected chi connectivity index (χ1v) is 6.83. The number of hydrogen-bond donors (Lipinski definition) is 0. The van der Waals surface area contributed by atoms with Crippen molar-refractivity contribution in [1.82, 2.24) is 0 Å². The Hall–Kier alpha value is 0.240. The Morgan fingerprint density at radius 3 is 2.42 bits per heavy atom. The molecule has 2 saturated carbocycles. The van der Waals surface area contributed by atoms with Gasteiger partial charge in [-0.1, -0.05) is 6.42 Å². The number of rotatable bonds is 1. The average Bonchev–Trinajstić information content (AvgIpc) is 2.68. The zero-order valence-corrected chi connectivity index (χ0v) is 8.50. The molecule has 2 aliphatic rings. The van der Waals surface area contributed by atoms with Crippen LogP contribution in [0.2, 0.25) is 0 Å². The molecule has 2 rings (SSSR count). The summed E-state index contributed by atoms with van der Waals surface area (Å²) in [5.41, 5.74) is 0.394. The van der Waals surface area contributed by atoms with E-state index in [1.165, 1.54) is 19.3 Å². The van der Waals surface area contributed by atoms with Gasteiger partial charge in [-0.3, -0.25) is 0 Å². The van der Waals surface area contributed by atoms with Crippen LogP contribution in [0.5, 0.6) is 0 Å². The molecule has 0 amide bonds. The van der Waals surface area contributed by atoms with Crippen molar-refractivity contribution in [3.8, 4) is 0 Å². The highest BCUT2D eigenvalue weighted by molar-refractivity contribution is 8.14. The SMILES string of the molecule is O=S(=O)(Cl)C1CCCC2(CC2)C1. The summed E-state index contributed by atoms with van der Waals surface area (Å²) in [4.78, 5) is 0. The molecular formula is C8H13ClO2S. The predicted octanol–water partition coefficient (Wildman–Crippen LogP) is 2.28. The van der Waals surface area contributed by atoms with Crippen LogP contribution in [-0.4, -0.2) is 13.7 Å². The molecule has 0 N–H and O–H groups in total. The van der Waals surface area contributed by atoms with E-state index >= 15 is 0 Å². The van der Waals surface area contributed by atoms with Crippen LogP contribution in [0.25, 0.3) is 0 Å². The fraction of sp³-hybridized carbons (Fsp3) is 1.00. The van der Waals surface area contributed by atoms with E-state index in [9.17, 15) is 8.42 Å². The van der Waals surface area contributed by atoms with E-state index in [0.29, 0.717) is 5.41 Å². The third-order valence-corrected chi connectivity index (χ3v) is 5.20. The lowest BCUT2D eigenvalue weighted by atomic mass is 9.86. The Kier molecular flexibility index (Phi) is 1.92. The Morgan fingerprint density at radius 2 is 1.92 bits per heavy atom. The predicted molar refractivity (Wildman–Crippen MR) is 48.7 cm³/mol. The topological polar surface area (TPSA) is 34.1 Å². The van der Waals surface area contributed by atoms with Crippen molar-refractivity contribution in [1.29, 1.82) is 0 Å². The highest BCUT2D eigenvalue weighted by Crippen LogP contribution is 2.57. The van der Waals surface area contributed by atoms with E-state index < -0.39 is 9.05 Å². The lowest BCUT2D eigenvalue weighted by molar-refractivity contribution is 0.338. The van der Waals surface area contributed by atoms with Gasteiger partial charge < -0.3 is 0 Å². The molecule has 0 saturated heterocycles. The molecule has 0 aromatic rings. The van der Waals surface area contributed by atoms with Gasteiger partial charge in [0.25, 0.3) is 0 Å². The molecule has 0 aliphatic heterocycles. The van der Waals surface area contributed by atoms with Crippen molar-refractivity contribution in [3.05, 3.63) is 0 Å². The van der Waals surface area contributed by atoms with Gasteiger partial charge in [0.2, 0.25) is 9.05 Å². The molecule has 0 radical (unpaired) electrons. The van der Waals surface area contributed by atoms with Crippen molar-refractivity contribution in [2.45, 2.75) is 43.8 Å². The van der Waals surface area contributed by atoms with Crippen LogP contribution in [-0.2, 0) is 9.05 Å². The third-order valence-electron chi connectivity index (χ3n) is 3.25. The first-order chi connectivity index (χ1) is 5.52. The van der Waals surface area contributed by atoms with Gasteiger partial charge in [-0.2, -0.15) is 0 Å². The van der Waals surface area contributed by atoms with Gasteiger partial charge in [0.05, 0.1) is 5.25 Å². The van der Waals surface area contributed by atoms with Crippen LogP contribution >= 0.6 is 10.7 Å². The monoisotopic (exact) mass is 208 g/mol. The van der Waals surface area contributed by atoms with E-state index in [4.69, 9.17) is 10.7 Å². The summed E-state index contributed by atoms with van der Waals surface area (Å²) in [5.74, 6) is 0. The van der Waals surface area contributed by atoms with Crippen LogP contribution in [0.15, 0.2) is 0 Å². The molecule has 12 heavy (non-hydrogen) atoms. The largest absolute Gasteiger partial charge is 0.235 e. The van der Waals surface area contributed by atoms with Crippen molar-refractivity contribution >= 4 is 19.7 Å². The van der Waals surface area contributed by atoms with Crippen LogP contribution < -0.4 is 0 Å². The smallest absolute Gasteiger partial charge is 0.212 e. The average molecular weight is 209 g/mol. The van der Waals surface area contributed by atoms with Gasteiger partial charge in [0.15, 0.2) is 0 Å². The zero-order chi connectivity index (χ0) is 8.82. The number of halogens is 1. The molecule has 2 fully saturated rings. The first-order valence-electron chi connectivity index (χ1n) is 4.45. The van der Waals surface area contributed by atoms with Gasteiger partial charge >= 0.3 is 0 Å². The highest BCUT2D eigenvalue weighted by Gasteiger charge is 2.48. The van der Waals surface area contributed by atoms with Crippen LogP contribution in [0.3, 0.4) is 0 Å². The number of hydrogen-bond acceptors (Lipinski definition) is 2. The molecule has 1 spiro atoms. The summed E-state index contributed by atoms with van der Waals surface area (Å²) < 4.78 is 22.1. The second-order valence-corrected chi connectivity index (χ2v) is 7.10. The molecule has 0 aromatic heterocycles. The molecule has 70 valence electrons. The normalized spacial score (nSPS) is 33.6. The minimum Gasteiger partial charge on any atom is -0.212 e. The molecular weight excluding hydrogens is 196 g/mol. The van der Waals surface area contributed by atoms with Crippen molar-refractivity contribution in [2.75, 3.05) is 0 Å². The summed E-state index contributed by atoms with van der Waals surface area (Å²) in [6.45, 7) is 0. The van der Waals surface area contributed by atoms with Crippen molar-refractivity contribution in [2.24, 2.45) is 5.41 Å². The fourth-order valence-corrected chi connectivity index (χ4v) is 3.72. The molecule has 2 aliphatic carbocycles. The fourth-order valence-electron chi connectivity index (χ4n) is 2.26. The highest BCUT2D eigenvalue weighted by atomic mass is 35.7. The minimum atomic E-state index is -3.28. The molecule has 4 heteroatoms. The molecule has 0 heterocycles. The molecule has 0 bridgehead atoms. The second kappa shape index (κ2) is 2.61. The Morgan fingerprint density at radius 1 is 1.25 bits per heavy atom. The van der Waals surface area contributed by atoms with E-state index in [0.717, 1.165) is 19.3 Å². The molecule has 1 atom stereocenters. The summed E-state index contributed by atoms with van der Waals surface area (Å²) in [6, 6.07) is 0. The van der Waals surface area contributed by atoms with Crippen LogP contribution in [0.1, 0.15) is 38.5 Å². The Labute approximate surface area is 77.7 Å². The zero-order valence-electron chi connectivity index (χ0n) is 6.92. The van der Waals surface area contributed by atoms with Gasteiger partial charge in [-0.25, -0.2) is 8.42 Å². The maximum absolute atomic E-state index is 11.1. The van der Waals surface area contributed by atoms with Gasteiger partial charge in [-0.05, 0) is 37.5 Å². The summed E-state index contributed by atoms with van der Waals surface area (Å²) in [7, 11) is 2.05. The van der Waals surface area contributed by atoms with Crippen LogP contribution in [0.4, 0.5) is 0 Å². The van der Waals surface area contributed by atoms with E-state index in [-0.39, 0.29) is 5.25 Å². The van der Waals surface area contributed by atoms with Crippen molar-refractivity contribution < 1.29 is 8.42 Å². The van der Waals surface area contributed by atoms with Crippen molar-refractivity contribution in [3.63, 3.8) is 0 Å². The van der Waals surface area contributed by atoms with E-state index in [1.54, 1.807) is 0 Å². The van der Waals surface area contributed by atoms with Gasteiger partial charge in [0.1, 0.15) is 0 Å². The maximum Gasteiger partial charge on any atom is 0.235 e. The maximum atomic E-state index is 11.1.